The van der Waals surface area contributed by atoms with Crippen molar-refractivity contribution in [1.82, 2.24) is 4.72 Å². The van der Waals surface area contributed by atoms with Crippen molar-refractivity contribution in [2.24, 2.45) is 0 Å². The highest BCUT2D eigenvalue weighted by Crippen LogP contribution is 2.33. The van der Waals surface area contributed by atoms with Crippen molar-refractivity contribution in [3.05, 3.63) is 29.3 Å². The van der Waals surface area contributed by atoms with Gasteiger partial charge < -0.3 is 0 Å². The Balaban J connectivity index is 3.20. The zero-order chi connectivity index (χ0) is 13.2. The predicted molar refractivity (Wildman–Crippen MR) is 60.9 cm³/mol. The molecule has 6 heteroatoms. The highest BCUT2D eigenvalue weighted by molar-refractivity contribution is 7.83. The molecule has 0 bridgehead atoms. The lowest BCUT2D eigenvalue weighted by molar-refractivity contribution is -0.139. The first kappa shape index (κ1) is 14.2. The lowest BCUT2D eigenvalue weighted by Crippen LogP contribution is -2.26. The van der Waals surface area contributed by atoms with Gasteiger partial charge in [0.05, 0.1) is 10.5 Å². The smallest absolute Gasteiger partial charge is 0.237 e. The average Bonchev–Trinajstić information content (AvgIpc) is 2.14. The second kappa shape index (κ2) is 5.18. The summed E-state index contributed by atoms with van der Waals surface area (Å²) in [6.07, 6.45) is -4.49. The van der Waals surface area contributed by atoms with Crippen LogP contribution in [0.25, 0.3) is 0 Å². The maximum atomic E-state index is 12.8. The molecule has 1 atom stereocenters. The number of nitrogens with one attached hydrogen (secondary N) is 1. The first-order chi connectivity index (χ1) is 7.71. The molecule has 0 amide bonds. The first-order valence-corrected chi connectivity index (χ1v) is 6.22. The van der Waals surface area contributed by atoms with Crippen LogP contribution in [0.15, 0.2) is 23.1 Å². The number of alkyl halides is 3. The minimum Gasteiger partial charge on any atom is -0.237 e. The SMILES string of the molecule is Cc1ccc(S(=O)NC(C)C)c(C(F)(F)F)c1. The Kier molecular flexibility index (Phi) is 4.32. The fourth-order valence-electron chi connectivity index (χ4n) is 1.30. The van der Waals surface area contributed by atoms with E-state index in [1.807, 2.05) is 0 Å². The number of hydrogen-bond acceptors (Lipinski definition) is 1. The zero-order valence-corrected chi connectivity index (χ0v) is 10.6. The van der Waals surface area contributed by atoms with E-state index in [9.17, 15) is 17.4 Å². The van der Waals surface area contributed by atoms with E-state index in [0.717, 1.165) is 6.07 Å². The number of hydrogen-bond donors (Lipinski definition) is 1. The molecule has 0 aliphatic carbocycles. The topological polar surface area (TPSA) is 29.1 Å². The van der Waals surface area contributed by atoms with Crippen LogP contribution in [-0.2, 0) is 17.2 Å². The number of rotatable bonds is 3. The van der Waals surface area contributed by atoms with Gasteiger partial charge in [-0.05, 0) is 32.9 Å². The highest BCUT2D eigenvalue weighted by Gasteiger charge is 2.35. The number of halogens is 3. The second-order valence-corrected chi connectivity index (χ2v) is 5.25. The summed E-state index contributed by atoms with van der Waals surface area (Å²) < 4.78 is 52.6. The van der Waals surface area contributed by atoms with E-state index in [-0.39, 0.29) is 10.9 Å². The quantitative estimate of drug-likeness (QED) is 0.894. The van der Waals surface area contributed by atoms with Crippen LogP contribution in [-0.4, -0.2) is 10.3 Å². The van der Waals surface area contributed by atoms with Crippen molar-refractivity contribution in [2.75, 3.05) is 0 Å². The molecular weight excluding hydrogens is 251 g/mol. The fourth-order valence-corrected chi connectivity index (χ4v) is 2.43. The van der Waals surface area contributed by atoms with E-state index in [4.69, 9.17) is 0 Å². The van der Waals surface area contributed by atoms with Crippen LogP contribution >= 0.6 is 0 Å². The maximum absolute atomic E-state index is 12.8. The van der Waals surface area contributed by atoms with E-state index in [1.54, 1.807) is 20.8 Å². The summed E-state index contributed by atoms with van der Waals surface area (Å²) in [5.74, 6) is 0. The lowest BCUT2D eigenvalue weighted by Gasteiger charge is -2.14. The van der Waals surface area contributed by atoms with E-state index >= 15 is 0 Å². The van der Waals surface area contributed by atoms with Gasteiger partial charge in [-0.1, -0.05) is 11.6 Å². The molecule has 0 saturated carbocycles. The predicted octanol–water partition coefficient (Wildman–Crippen LogP) is 3.03. The van der Waals surface area contributed by atoms with Crippen LogP contribution in [0.3, 0.4) is 0 Å². The molecule has 0 aliphatic heterocycles. The van der Waals surface area contributed by atoms with Gasteiger partial charge in [-0.2, -0.15) is 13.2 Å². The Morgan fingerprint density at radius 3 is 2.35 bits per heavy atom. The monoisotopic (exact) mass is 265 g/mol. The summed E-state index contributed by atoms with van der Waals surface area (Å²) in [6.45, 7) is 5.01. The van der Waals surface area contributed by atoms with E-state index in [0.29, 0.717) is 5.56 Å². The van der Waals surface area contributed by atoms with Gasteiger partial charge in [0.2, 0.25) is 0 Å². The molecule has 0 fully saturated rings. The van der Waals surface area contributed by atoms with Crippen molar-refractivity contribution >= 4 is 11.0 Å². The number of aryl methyl sites for hydroxylation is 1. The van der Waals surface area contributed by atoms with Crippen LogP contribution in [0.2, 0.25) is 0 Å². The van der Waals surface area contributed by atoms with E-state index in [1.165, 1.54) is 12.1 Å². The summed E-state index contributed by atoms with van der Waals surface area (Å²) in [5, 5.41) is 0. The maximum Gasteiger partial charge on any atom is 0.417 e. The molecule has 0 aromatic heterocycles. The summed E-state index contributed by atoms with van der Waals surface area (Å²) in [7, 11) is -1.85. The molecule has 1 N–H and O–H groups in total. The summed E-state index contributed by atoms with van der Waals surface area (Å²) in [4.78, 5) is -0.225. The van der Waals surface area contributed by atoms with Gasteiger partial charge in [-0.3, -0.25) is 0 Å². The van der Waals surface area contributed by atoms with Gasteiger partial charge in [-0.15, -0.1) is 0 Å². The fraction of sp³-hybridized carbons (Fsp3) is 0.455. The largest absolute Gasteiger partial charge is 0.417 e. The molecule has 0 saturated heterocycles. The summed E-state index contributed by atoms with van der Waals surface area (Å²) in [5.41, 5.74) is -0.355. The third-order valence-electron chi connectivity index (χ3n) is 1.98. The van der Waals surface area contributed by atoms with Gasteiger partial charge in [0.25, 0.3) is 0 Å². The molecule has 1 aromatic rings. The van der Waals surface area contributed by atoms with Crippen LogP contribution < -0.4 is 4.72 Å². The van der Waals surface area contributed by atoms with Gasteiger partial charge in [-0.25, -0.2) is 8.93 Å². The molecule has 1 rings (SSSR count). The third kappa shape index (κ3) is 3.81. The third-order valence-corrected chi connectivity index (χ3v) is 3.42. The lowest BCUT2D eigenvalue weighted by atomic mass is 10.1. The Morgan fingerprint density at radius 1 is 1.29 bits per heavy atom. The van der Waals surface area contributed by atoms with Crippen LogP contribution in [0.5, 0.6) is 0 Å². The van der Waals surface area contributed by atoms with Crippen molar-refractivity contribution < 1.29 is 17.4 Å². The minimum absolute atomic E-state index is 0.154. The van der Waals surface area contributed by atoms with Gasteiger partial charge in [0.15, 0.2) is 0 Å². The summed E-state index contributed by atoms with van der Waals surface area (Å²) in [6, 6.07) is 3.63. The van der Waals surface area contributed by atoms with Crippen molar-refractivity contribution in [3.8, 4) is 0 Å². The number of benzene rings is 1. The van der Waals surface area contributed by atoms with Crippen molar-refractivity contribution in [3.63, 3.8) is 0 Å². The minimum atomic E-state index is -4.49. The molecule has 1 aromatic carbocycles. The van der Waals surface area contributed by atoms with Crippen LogP contribution in [0, 0.1) is 6.92 Å². The molecule has 96 valence electrons. The zero-order valence-electron chi connectivity index (χ0n) is 9.76. The molecule has 1 unspecified atom stereocenters. The Bertz CT molecular complexity index is 429. The first-order valence-electron chi connectivity index (χ1n) is 5.07. The van der Waals surface area contributed by atoms with Crippen molar-refractivity contribution in [2.45, 2.75) is 37.9 Å². The molecule has 17 heavy (non-hydrogen) atoms. The Labute approximate surface area is 101 Å². The van der Waals surface area contributed by atoms with E-state index < -0.39 is 22.7 Å². The van der Waals surface area contributed by atoms with Crippen molar-refractivity contribution in [1.29, 1.82) is 0 Å². The van der Waals surface area contributed by atoms with Crippen LogP contribution in [0.4, 0.5) is 13.2 Å². The van der Waals surface area contributed by atoms with Crippen LogP contribution in [0.1, 0.15) is 25.0 Å². The molecule has 0 radical (unpaired) electrons. The molecule has 0 aliphatic rings. The average molecular weight is 265 g/mol. The van der Waals surface area contributed by atoms with E-state index in [2.05, 4.69) is 4.72 Å². The molecule has 0 heterocycles. The summed E-state index contributed by atoms with van der Waals surface area (Å²) >= 11 is 0. The molecule has 0 spiro atoms. The van der Waals surface area contributed by atoms with Gasteiger partial charge >= 0.3 is 6.18 Å². The second-order valence-electron chi connectivity index (χ2n) is 4.04. The Hall–Kier alpha value is -0.880. The highest BCUT2D eigenvalue weighted by atomic mass is 32.2. The standard InChI is InChI=1S/C11H14F3NOS/c1-7(2)15-17(16)10-5-4-8(3)6-9(10)11(12,13)14/h4-7,15H,1-3H3. The van der Waals surface area contributed by atoms with Gasteiger partial charge in [0.1, 0.15) is 11.0 Å². The normalized spacial score (nSPS) is 14.1. The Morgan fingerprint density at radius 2 is 1.88 bits per heavy atom. The molecule has 2 nitrogen and oxygen atoms in total. The molecular formula is C11H14F3NOS. The van der Waals surface area contributed by atoms with Gasteiger partial charge in [0, 0.05) is 6.04 Å².